The summed E-state index contributed by atoms with van der Waals surface area (Å²) in [6.07, 6.45) is 2.99. The molecule has 2 N–H and O–H groups in total. The molecule has 0 spiro atoms. The Morgan fingerprint density at radius 1 is 1.40 bits per heavy atom. The molecule has 0 amide bonds. The van der Waals surface area contributed by atoms with E-state index in [2.05, 4.69) is 47.1 Å². The number of fused-ring (bicyclic) bond motifs is 1. The van der Waals surface area contributed by atoms with Gasteiger partial charge in [-0.15, -0.1) is 0 Å². The summed E-state index contributed by atoms with van der Waals surface area (Å²) in [7, 11) is 0. The molecule has 1 aromatic heterocycles. The second-order valence-corrected chi connectivity index (χ2v) is 7.82. The fourth-order valence-corrected chi connectivity index (χ4v) is 4.46. The van der Waals surface area contributed by atoms with Crippen LogP contribution in [0.3, 0.4) is 0 Å². The molecule has 0 radical (unpaired) electrons. The number of aromatic amines is 1. The highest BCUT2D eigenvalue weighted by Crippen LogP contribution is 2.41. The van der Waals surface area contributed by atoms with E-state index in [1.54, 1.807) is 0 Å². The van der Waals surface area contributed by atoms with Gasteiger partial charge in [0.2, 0.25) is 0 Å². The summed E-state index contributed by atoms with van der Waals surface area (Å²) in [6, 6.07) is 6.53. The van der Waals surface area contributed by atoms with E-state index in [0.717, 1.165) is 38.4 Å². The molecule has 0 aliphatic carbocycles. The lowest BCUT2D eigenvalue weighted by Gasteiger charge is -2.36. The number of hydrogen-bond donors (Lipinski definition) is 2. The van der Waals surface area contributed by atoms with Gasteiger partial charge in [-0.25, -0.2) is 0 Å². The molecule has 2 saturated heterocycles. The standard InChI is InChI=1S/C20H27N3O2/c1-14-3-4-15(2)18(7-14)19-16(8-21-22-19)9-23-10-17-5-6-25-13-20(17,11-23)12-24/h3-4,7-8,17,24H,5-6,9-13H2,1-2H3,(H,21,22)/t17-,20+/m0/s1. The Kier molecular flexibility index (Phi) is 4.40. The number of aliphatic hydroxyl groups is 1. The predicted octanol–water partition coefficient (Wildman–Crippen LogP) is 2.52. The number of aliphatic hydroxyl groups excluding tert-OH is 1. The van der Waals surface area contributed by atoms with Gasteiger partial charge in [-0.2, -0.15) is 5.10 Å². The number of hydrogen-bond acceptors (Lipinski definition) is 4. The first kappa shape index (κ1) is 16.8. The summed E-state index contributed by atoms with van der Waals surface area (Å²) >= 11 is 0. The Balaban J connectivity index is 1.57. The number of nitrogens with zero attached hydrogens (tertiary/aromatic N) is 2. The molecule has 134 valence electrons. The highest BCUT2D eigenvalue weighted by Gasteiger charge is 2.48. The number of likely N-dealkylation sites (tertiary alicyclic amines) is 1. The van der Waals surface area contributed by atoms with Crippen LogP contribution in [0.25, 0.3) is 11.3 Å². The number of ether oxygens (including phenoxy) is 1. The van der Waals surface area contributed by atoms with Crippen molar-refractivity contribution in [2.75, 3.05) is 32.9 Å². The van der Waals surface area contributed by atoms with Gasteiger partial charge in [0.25, 0.3) is 0 Å². The van der Waals surface area contributed by atoms with E-state index in [-0.39, 0.29) is 12.0 Å². The minimum absolute atomic E-state index is 0.0819. The van der Waals surface area contributed by atoms with Crippen LogP contribution in [0.4, 0.5) is 0 Å². The van der Waals surface area contributed by atoms with Crippen molar-refractivity contribution in [2.24, 2.45) is 11.3 Å². The number of H-pyrrole nitrogens is 1. The van der Waals surface area contributed by atoms with Gasteiger partial charge in [0, 0.05) is 42.8 Å². The van der Waals surface area contributed by atoms with Gasteiger partial charge in [-0.05, 0) is 37.8 Å². The molecule has 2 aliphatic heterocycles. The van der Waals surface area contributed by atoms with Gasteiger partial charge < -0.3 is 9.84 Å². The molecule has 25 heavy (non-hydrogen) atoms. The van der Waals surface area contributed by atoms with Crippen LogP contribution in [0.5, 0.6) is 0 Å². The lowest BCUT2D eigenvalue weighted by Crippen LogP contribution is -2.42. The van der Waals surface area contributed by atoms with Gasteiger partial charge in [0.1, 0.15) is 0 Å². The molecule has 5 heteroatoms. The van der Waals surface area contributed by atoms with Crippen LogP contribution < -0.4 is 0 Å². The SMILES string of the molecule is Cc1ccc(C)c(-c2[nH]ncc2CN2C[C@@H]3CCOC[C@]3(CO)C2)c1. The van der Waals surface area contributed by atoms with E-state index in [0.29, 0.717) is 12.5 Å². The first-order valence-electron chi connectivity index (χ1n) is 9.12. The third kappa shape index (κ3) is 3.01. The van der Waals surface area contributed by atoms with Crippen LogP contribution in [0.15, 0.2) is 24.4 Å². The topological polar surface area (TPSA) is 61.4 Å². The van der Waals surface area contributed by atoms with Gasteiger partial charge in [-0.1, -0.05) is 17.7 Å². The van der Waals surface area contributed by atoms with Crippen LogP contribution in [-0.2, 0) is 11.3 Å². The predicted molar refractivity (Wildman–Crippen MR) is 97.2 cm³/mol. The number of rotatable bonds is 4. The molecule has 0 unspecified atom stereocenters. The van der Waals surface area contributed by atoms with Gasteiger partial charge in [-0.3, -0.25) is 10.00 Å². The molecular weight excluding hydrogens is 314 g/mol. The molecule has 1 aromatic carbocycles. The zero-order chi connectivity index (χ0) is 17.4. The van der Waals surface area contributed by atoms with Crippen LogP contribution >= 0.6 is 0 Å². The summed E-state index contributed by atoms with van der Waals surface area (Å²) in [5.74, 6) is 0.530. The van der Waals surface area contributed by atoms with Crippen LogP contribution in [0, 0.1) is 25.2 Å². The molecule has 2 aromatic rings. The highest BCUT2D eigenvalue weighted by molar-refractivity contribution is 5.67. The largest absolute Gasteiger partial charge is 0.396 e. The Bertz CT molecular complexity index is 757. The second kappa shape index (κ2) is 6.56. The van der Waals surface area contributed by atoms with E-state index in [4.69, 9.17) is 4.74 Å². The van der Waals surface area contributed by atoms with E-state index in [9.17, 15) is 5.11 Å². The Hall–Kier alpha value is -1.69. The van der Waals surface area contributed by atoms with Gasteiger partial charge in [0.15, 0.2) is 0 Å². The minimum Gasteiger partial charge on any atom is -0.396 e. The van der Waals surface area contributed by atoms with Gasteiger partial charge >= 0.3 is 0 Å². The molecule has 2 aliphatic rings. The van der Waals surface area contributed by atoms with Crippen LogP contribution in [0.1, 0.15) is 23.1 Å². The minimum atomic E-state index is -0.0819. The summed E-state index contributed by atoms with van der Waals surface area (Å²) in [5.41, 5.74) is 5.99. The average molecular weight is 341 g/mol. The third-order valence-electron chi connectivity index (χ3n) is 5.97. The summed E-state index contributed by atoms with van der Waals surface area (Å²) in [4.78, 5) is 2.45. The smallest absolute Gasteiger partial charge is 0.0698 e. The van der Waals surface area contributed by atoms with Crippen molar-refractivity contribution < 1.29 is 9.84 Å². The summed E-state index contributed by atoms with van der Waals surface area (Å²) < 4.78 is 5.68. The third-order valence-corrected chi connectivity index (χ3v) is 5.97. The van der Waals surface area contributed by atoms with E-state index in [1.807, 2.05) is 6.20 Å². The maximum atomic E-state index is 9.97. The van der Waals surface area contributed by atoms with Crippen molar-refractivity contribution in [1.29, 1.82) is 0 Å². The lowest BCUT2D eigenvalue weighted by molar-refractivity contribution is -0.0561. The molecule has 2 fully saturated rings. The second-order valence-electron chi connectivity index (χ2n) is 7.82. The van der Waals surface area contributed by atoms with Crippen molar-refractivity contribution >= 4 is 0 Å². The quantitative estimate of drug-likeness (QED) is 0.897. The number of nitrogens with one attached hydrogen (secondary N) is 1. The number of aryl methyl sites for hydroxylation is 2. The molecule has 2 atom stereocenters. The number of aromatic nitrogens is 2. The van der Waals surface area contributed by atoms with Crippen molar-refractivity contribution in [3.05, 3.63) is 41.1 Å². The van der Waals surface area contributed by atoms with Crippen LogP contribution in [-0.4, -0.2) is 53.1 Å². The fraction of sp³-hybridized carbons (Fsp3) is 0.550. The Morgan fingerprint density at radius 2 is 2.28 bits per heavy atom. The molecule has 4 rings (SSSR count). The van der Waals surface area contributed by atoms with E-state index >= 15 is 0 Å². The first-order valence-corrected chi connectivity index (χ1v) is 9.12. The Morgan fingerprint density at radius 3 is 3.08 bits per heavy atom. The highest BCUT2D eigenvalue weighted by atomic mass is 16.5. The zero-order valence-electron chi connectivity index (χ0n) is 15.1. The maximum absolute atomic E-state index is 9.97. The molecule has 0 saturated carbocycles. The Labute approximate surface area is 149 Å². The van der Waals surface area contributed by atoms with E-state index in [1.165, 1.54) is 22.3 Å². The zero-order valence-corrected chi connectivity index (χ0v) is 15.1. The van der Waals surface area contributed by atoms with E-state index < -0.39 is 0 Å². The monoisotopic (exact) mass is 341 g/mol. The molecular formula is C20H27N3O2. The maximum Gasteiger partial charge on any atom is 0.0698 e. The van der Waals surface area contributed by atoms with Gasteiger partial charge in [0.05, 0.1) is 25.1 Å². The van der Waals surface area contributed by atoms with Crippen molar-refractivity contribution in [3.63, 3.8) is 0 Å². The average Bonchev–Trinajstić information content (AvgIpc) is 3.21. The molecule has 5 nitrogen and oxygen atoms in total. The first-order chi connectivity index (χ1) is 12.1. The normalized spacial score (nSPS) is 26.8. The fourth-order valence-electron chi connectivity index (χ4n) is 4.46. The number of benzene rings is 1. The lowest BCUT2D eigenvalue weighted by atomic mass is 9.76. The van der Waals surface area contributed by atoms with Crippen molar-refractivity contribution in [2.45, 2.75) is 26.8 Å². The van der Waals surface area contributed by atoms with Crippen molar-refractivity contribution in [3.8, 4) is 11.3 Å². The molecule has 0 bridgehead atoms. The molecule has 3 heterocycles. The summed E-state index contributed by atoms with van der Waals surface area (Å²) in [6.45, 7) is 8.75. The van der Waals surface area contributed by atoms with Crippen molar-refractivity contribution in [1.82, 2.24) is 15.1 Å². The summed E-state index contributed by atoms with van der Waals surface area (Å²) in [5, 5.41) is 17.5. The van der Waals surface area contributed by atoms with Crippen LogP contribution in [0.2, 0.25) is 0 Å².